The lowest BCUT2D eigenvalue weighted by Gasteiger charge is -2.23. The molecule has 1 atom stereocenters. The molecule has 1 aromatic rings. The monoisotopic (exact) mass is 219 g/mol. The van der Waals surface area contributed by atoms with Crippen molar-refractivity contribution in [2.24, 2.45) is 0 Å². The number of nitrogens with one attached hydrogen (secondary N) is 1. The molecule has 1 heterocycles. The van der Waals surface area contributed by atoms with Crippen LogP contribution in [-0.2, 0) is 5.41 Å². The van der Waals surface area contributed by atoms with Crippen LogP contribution in [0.4, 0.5) is 0 Å². The maximum absolute atomic E-state index is 9.39. The average molecular weight is 219 g/mol. The highest BCUT2D eigenvalue weighted by atomic mass is 16.3. The fraction of sp³-hybridized carbons (Fsp3) is 0.571. The number of hydrogen-bond donors (Lipinski definition) is 2. The number of rotatable bonds is 3. The fourth-order valence-corrected chi connectivity index (χ4v) is 2.24. The summed E-state index contributed by atoms with van der Waals surface area (Å²) in [5.74, 6) is 0.648. The Morgan fingerprint density at radius 3 is 2.88 bits per heavy atom. The van der Waals surface area contributed by atoms with Crippen LogP contribution in [0.1, 0.15) is 37.3 Å². The third-order valence-corrected chi connectivity index (χ3v) is 3.60. The smallest absolute Gasteiger partial charge is 0.0522 e. The van der Waals surface area contributed by atoms with Crippen molar-refractivity contribution in [2.75, 3.05) is 19.7 Å². The molecule has 1 saturated heterocycles. The van der Waals surface area contributed by atoms with E-state index < -0.39 is 0 Å². The van der Waals surface area contributed by atoms with Gasteiger partial charge < -0.3 is 10.4 Å². The van der Waals surface area contributed by atoms with Gasteiger partial charge in [-0.1, -0.05) is 38.1 Å². The molecule has 0 bridgehead atoms. The van der Waals surface area contributed by atoms with Crippen molar-refractivity contribution in [1.29, 1.82) is 0 Å². The number of aliphatic hydroxyl groups is 1. The molecule has 0 aromatic heterocycles. The molecule has 1 aliphatic heterocycles. The summed E-state index contributed by atoms with van der Waals surface area (Å²) in [7, 11) is 0. The SMILES string of the molecule is CC(C)(CO)c1cccc(C2CCNC2)c1. The Balaban J connectivity index is 2.25. The van der Waals surface area contributed by atoms with Crippen molar-refractivity contribution in [2.45, 2.75) is 31.6 Å². The van der Waals surface area contributed by atoms with Crippen molar-refractivity contribution >= 4 is 0 Å². The summed E-state index contributed by atoms with van der Waals surface area (Å²) in [6, 6.07) is 8.69. The lowest BCUT2D eigenvalue weighted by atomic mass is 9.83. The minimum atomic E-state index is -0.137. The number of aliphatic hydroxyl groups excluding tert-OH is 1. The predicted octanol–water partition coefficient (Wildman–Crippen LogP) is 2.03. The van der Waals surface area contributed by atoms with Gasteiger partial charge in [-0.3, -0.25) is 0 Å². The van der Waals surface area contributed by atoms with Crippen molar-refractivity contribution < 1.29 is 5.11 Å². The molecule has 0 aliphatic carbocycles. The van der Waals surface area contributed by atoms with E-state index in [-0.39, 0.29) is 12.0 Å². The second-order valence-electron chi connectivity index (χ2n) is 5.36. The zero-order chi connectivity index (χ0) is 11.6. The molecule has 2 heteroatoms. The Hall–Kier alpha value is -0.860. The van der Waals surface area contributed by atoms with E-state index in [1.165, 1.54) is 17.5 Å². The third-order valence-electron chi connectivity index (χ3n) is 3.60. The van der Waals surface area contributed by atoms with E-state index in [1.54, 1.807) is 0 Å². The van der Waals surface area contributed by atoms with E-state index in [1.807, 2.05) is 0 Å². The summed E-state index contributed by atoms with van der Waals surface area (Å²) in [4.78, 5) is 0. The summed E-state index contributed by atoms with van der Waals surface area (Å²) in [6.45, 7) is 6.57. The topological polar surface area (TPSA) is 32.3 Å². The molecule has 1 aliphatic rings. The van der Waals surface area contributed by atoms with E-state index in [2.05, 4.69) is 43.4 Å². The van der Waals surface area contributed by atoms with E-state index in [0.717, 1.165) is 13.1 Å². The molecule has 0 radical (unpaired) electrons. The van der Waals surface area contributed by atoms with Gasteiger partial charge in [0.15, 0.2) is 0 Å². The van der Waals surface area contributed by atoms with Crippen LogP contribution >= 0.6 is 0 Å². The minimum absolute atomic E-state index is 0.137. The zero-order valence-electron chi connectivity index (χ0n) is 10.2. The molecule has 16 heavy (non-hydrogen) atoms. The molecular weight excluding hydrogens is 198 g/mol. The highest BCUT2D eigenvalue weighted by Gasteiger charge is 2.22. The van der Waals surface area contributed by atoms with Crippen molar-refractivity contribution in [3.8, 4) is 0 Å². The molecule has 0 spiro atoms. The largest absolute Gasteiger partial charge is 0.395 e. The van der Waals surface area contributed by atoms with Crippen LogP contribution in [0.3, 0.4) is 0 Å². The van der Waals surface area contributed by atoms with Gasteiger partial charge in [-0.15, -0.1) is 0 Å². The molecule has 2 rings (SSSR count). The summed E-state index contributed by atoms with van der Waals surface area (Å²) < 4.78 is 0. The Labute approximate surface area is 97.7 Å². The Bertz CT molecular complexity index is 354. The summed E-state index contributed by atoms with van der Waals surface area (Å²) in [6.07, 6.45) is 1.23. The van der Waals surface area contributed by atoms with Crippen molar-refractivity contribution in [3.05, 3.63) is 35.4 Å². The number of benzene rings is 1. The van der Waals surface area contributed by atoms with Gasteiger partial charge in [-0.25, -0.2) is 0 Å². The first-order valence-corrected chi connectivity index (χ1v) is 6.05. The number of hydrogen-bond acceptors (Lipinski definition) is 2. The molecule has 1 fully saturated rings. The van der Waals surface area contributed by atoms with Gasteiger partial charge >= 0.3 is 0 Å². The van der Waals surface area contributed by atoms with Gasteiger partial charge in [-0.2, -0.15) is 0 Å². The molecule has 88 valence electrons. The molecule has 2 N–H and O–H groups in total. The lowest BCUT2D eigenvalue weighted by molar-refractivity contribution is 0.218. The standard InChI is InChI=1S/C14H21NO/c1-14(2,10-16)13-5-3-4-11(8-13)12-6-7-15-9-12/h3-5,8,12,15-16H,6-7,9-10H2,1-2H3. The first-order valence-electron chi connectivity index (χ1n) is 6.05. The van der Waals surface area contributed by atoms with Crippen LogP contribution in [0.2, 0.25) is 0 Å². The Morgan fingerprint density at radius 1 is 1.44 bits per heavy atom. The third kappa shape index (κ3) is 2.28. The maximum atomic E-state index is 9.39. The van der Waals surface area contributed by atoms with E-state index in [9.17, 15) is 5.11 Å². The average Bonchev–Trinajstić information content (AvgIpc) is 2.83. The molecule has 2 nitrogen and oxygen atoms in total. The zero-order valence-corrected chi connectivity index (χ0v) is 10.2. The van der Waals surface area contributed by atoms with Crippen LogP contribution < -0.4 is 5.32 Å². The van der Waals surface area contributed by atoms with Gasteiger partial charge in [0.05, 0.1) is 6.61 Å². The molecular formula is C14H21NO. The van der Waals surface area contributed by atoms with E-state index >= 15 is 0 Å². The van der Waals surface area contributed by atoms with Crippen molar-refractivity contribution in [3.63, 3.8) is 0 Å². The lowest BCUT2D eigenvalue weighted by Crippen LogP contribution is -2.22. The maximum Gasteiger partial charge on any atom is 0.0522 e. The van der Waals surface area contributed by atoms with Gasteiger partial charge in [0.2, 0.25) is 0 Å². The summed E-state index contributed by atoms with van der Waals surface area (Å²) in [5.41, 5.74) is 2.51. The first kappa shape index (κ1) is 11.6. The second kappa shape index (κ2) is 4.56. The molecule has 1 unspecified atom stereocenters. The minimum Gasteiger partial charge on any atom is -0.395 e. The first-order chi connectivity index (χ1) is 7.63. The second-order valence-corrected chi connectivity index (χ2v) is 5.36. The molecule has 0 amide bonds. The highest BCUT2D eigenvalue weighted by Crippen LogP contribution is 2.28. The normalized spacial score (nSPS) is 21.3. The quantitative estimate of drug-likeness (QED) is 0.815. The van der Waals surface area contributed by atoms with Gasteiger partial charge in [-0.05, 0) is 30.0 Å². The Kier molecular flexibility index (Phi) is 3.31. The molecule has 1 aromatic carbocycles. The van der Waals surface area contributed by atoms with Crippen molar-refractivity contribution in [1.82, 2.24) is 5.32 Å². The van der Waals surface area contributed by atoms with Gasteiger partial charge in [0, 0.05) is 12.0 Å². The van der Waals surface area contributed by atoms with Gasteiger partial charge in [0.25, 0.3) is 0 Å². The predicted molar refractivity (Wildman–Crippen MR) is 66.8 cm³/mol. The Morgan fingerprint density at radius 2 is 2.25 bits per heavy atom. The summed E-state index contributed by atoms with van der Waals surface area (Å²) >= 11 is 0. The van der Waals surface area contributed by atoms with Crippen LogP contribution in [-0.4, -0.2) is 24.8 Å². The van der Waals surface area contributed by atoms with Crippen LogP contribution in [0, 0.1) is 0 Å². The summed E-state index contributed by atoms with van der Waals surface area (Å²) in [5, 5.41) is 12.8. The fourth-order valence-electron chi connectivity index (χ4n) is 2.24. The van der Waals surface area contributed by atoms with Crippen LogP contribution in [0.25, 0.3) is 0 Å². The van der Waals surface area contributed by atoms with E-state index in [4.69, 9.17) is 0 Å². The molecule has 0 saturated carbocycles. The highest BCUT2D eigenvalue weighted by molar-refractivity contribution is 5.32. The van der Waals surface area contributed by atoms with Crippen LogP contribution in [0.15, 0.2) is 24.3 Å². The van der Waals surface area contributed by atoms with Crippen LogP contribution in [0.5, 0.6) is 0 Å². The van der Waals surface area contributed by atoms with Gasteiger partial charge in [0.1, 0.15) is 0 Å². The van der Waals surface area contributed by atoms with E-state index in [0.29, 0.717) is 5.92 Å².